The van der Waals surface area contributed by atoms with E-state index in [4.69, 9.17) is 19.5 Å². The Labute approximate surface area is 177 Å². The summed E-state index contributed by atoms with van der Waals surface area (Å²) in [6.07, 6.45) is 0. The summed E-state index contributed by atoms with van der Waals surface area (Å²) < 4.78 is 44.3. The van der Waals surface area contributed by atoms with Crippen LogP contribution in [-0.4, -0.2) is 50.8 Å². The average Bonchev–Trinajstić information content (AvgIpc) is 2.76. The van der Waals surface area contributed by atoms with Crippen LogP contribution in [-0.2, 0) is 20.9 Å². The number of carbonyl (C=O) groups is 2. The van der Waals surface area contributed by atoms with Gasteiger partial charge < -0.3 is 23.8 Å². The lowest BCUT2D eigenvalue weighted by molar-refractivity contribution is -0.153. The molecule has 0 bridgehead atoms. The van der Waals surface area contributed by atoms with Crippen LogP contribution in [0.25, 0.3) is 0 Å². The van der Waals surface area contributed by atoms with Crippen LogP contribution in [0.1, 0.15) is 11.1 Å². The highest BCUT2D eigenvalue weighted by atomic mass is 19.3. The minimum Gasteiger partial charge on any atom is -0.493 e. The Kier molecular flexibility index (Phi) is 8.57. The second-order valence-corrected chi connectivity index (χ2v) is 6.17. The largest absolute Gasteiger partial charge is 0.493 e. The fourth-order valence-corrected chi connectivity index (χ4v) is 2.48. The van der Waals surface area contributed by atoms with Crippen molar-refractivity contribution < 1.29 is 37.3 Å². The minimum absolute atomic E-state index is 0.0971. The summed E-state index contributed by atoms with van der Waals surface area (Å²) in [4.78, 5) is 25.3. The molecule has 0 N–H and O–H groups in total. The molecule has 0 aromatic heterocycles. The minimum atomic E-state index is -2.99. The number of alkyl halides is 2. The Balaban J connectivity index is 1.84. The number of carbonyl (C=O) groups excluding carboxylic acids is 2. The topological polar surface area (TPSA) is 98.1 Å². The summed E-state index contributed by atoms with van der Waals surface area (Å²) in [6.45, 7) is -3.84. The molecular formula is C21H20F2N2O6. The molecule has 0 spiro atoms. The highest BCUT2D eigenvalue weighted by Gasteiger charge is 2.16. The zero-order valence-electron chi connectivity index (χ0n) is 16.8. The van der Waals surface area contributed by atoms with Crippen molar-refractivity contribution >= 4 is 11.9 Å². The van der Waals surface area contributed by atoms with Crippen molar-refractivity contribution in [3.05, 3.63) is 53.6 Å². The van der Waals surface area contributed by atoms with Crippen molar-refractivity contribution in [3.63, 3.8) is 0 Å². The molecule has 0 aliphatic heterocycles. The number of nitrogens with zero attached hydrogens (tertiary/aromatic N) is 2. The van der Waals surface area contributed by atoms with Gasteiger partial charge in [0.15, 0.2) is 24.7 Å². The lowest BCUT2D eigenvalue weighted by Gasteiger charge is -2.18. The van der Waals surface area contributed by atoms with Crippen LogP contribution in [0, 0.1) is 11.3 Å². The zero-order chi connectivity index (χ0) is 22.8. The van der Waals surface area contributed by atoms with Gasteiger partial charge in [-0.3, -0.25) is 4.79 Å². The van der Waals surface area contributed by atoms with E-state index in [0.29, 0.717) is 5.56 Å². The first-order valence-electron chi connectivity index (χ1n) is 8.97. The van der Waals surface area contributed by atoms with Gasteiger partial charge in [0.1, 0.15) is 11.8 Å². The number of para-hydroxylation sites is 1. The van der Waals surface area contributed by atoms with Crippen LogP contribution in [0.2, 0.25) is 0 Å². The van der Waals surface area contributed by atoms with E-state index in [-0.39, 0.29) is 29.4 Å². The van der Waals surface area contributed by atoms with E-state index in [1.807, 2.05) is 6.07 Å². The van der Waals surface area contributed by atoms with Gasteiger partial charge in [-0.2, -0.15) is 14.0 Å². The number of ether oxygens (including phenoxy) is 4. The van der Waals surface area contributed by atoms with Crippen molar-refractivity contribution in [1.29, 1.82) is 5.26 Å². The smallest absolute Gasteiger partial charge is 0.387 e. The Hall–Kier alpha value is -3.87. The molecule has 2 rings (SSSR count). The second-order valence-electron chi connectivity index (χ2n) is 6.17. The molecule has 0 saturated heterocycles. The number of amides is 1. The number of benzene rings is 2. The molecule has 0 saturated carbocycles. The van der Waals surface area contributed by atoms with Crippen molar-refractivity contribution in [2.45, 2.75) is 13.2 Å². The maximum atomic E-state index is 12.4. The monoisotopic (exact) mass is 434 g/mol. The highest BCUT2D eigenvalue weighted by molar-refractivity contribution is 5.80. The Morgan fingerprint density at radius 2 is 1.84 bits per heavy atom. The summed E-state index contributed by atoms with van der Waals surface area (Å²) in [6, 6.07) is 12.6. The molecule has 0 atom stereocenters. The van der Waals surface area contributed by atoms with Crippen LogP contribution >= 0.6 is 0 Å². The number of halogens is 2. The molecule has 0 heterocycles. The summed E-state index contributed by atoms with van der Waals surface area (Å²) in [5, 5.41) is 8.98. The third-order valence-electron chi connectivity index (χ3n) is 4.00. The number of nitriles is 1. The molecule has 0 fully saturated rings. The second kappa shape index (κ2) is 11.3. The van der Waals surface area contributed by atoms with E-state index in [9.17, 15) is 18.4 Å². The van der Waals surface area contributed by atoms with Crippen molar-refractivity contribution in [2.75, 3.05) is 27.4 Å². The quantitative estimate of drug-likeness (QED) is 0.531. The van der Waals surface area contributed by atoms with Gasteiger partial charge in [0.05, 0.1) is 12.7 Å². The Morgan fingerprint density at radius 1 is 1.10 bits per heavy atom. The number of rotatable bonds is 10. The maximum absolute atomic E-state index is 12.4. The van der Waals surface area contributed by atoms with Crippen LogP contribution in [0.4, 0.5) is 8.78 Å². The Bertz CT molecular complexity index is 961. The third kappa shape index (κ3) is 7.15. The van der Waals surface area contributed by atoms with Crippen molar-refractivity contribution in [3.8, 4) is 23.3 Å². The molecule has 31 heavy (non-hydrogen) atoms. The summed E-state index contributed by atoms with van der Waals surface area (Å²) in [5.74, 6) is -1.05. The van der Waals surface area contributed by atoms with Crippen LogP contribution in [0.15, 0.2) is 42.5 Å². The average molecular weight is 434 g/mol. The molecule has 8 nitrogen and oxygen atoms in total. The van der Waals surface area contributed by atoms with E-state index in [1.54, 1.807) is 18.2 Å². The van der Waals surface area contributed by atoms with Crippen molar-refractivity contribution in [1.82, 2.24) is 4.90 Å². The lowest BCUT2D eigenvalue weighted by atomic mass is 10.2. The van der Waals surface area contributed by atoms with E-state index in [2.05, 4.69) is 4.74 Å². The molecule has 2 aromatic carbocycles. The number of esters is 1. The van der Waals surface area contributed by atoms with Gasteiger partial charge in [0, 0.05) is 13.6 Å². The number of hydrogen-bond acceptors (Lipinski definition) is 7. The molecule has 2 aromatic rings. The van der Waals surface area contributed by atoms with E-state index < -0.39 is 31.7 Å². The molecule has 0 aliphatic carbocycles. The molecule has 0 aliphatic rings. The SMILES string of the molecule is COc1cc(CN(C)C(=O)COC(=O)COc2ccccc2C#N)ccc1OC(F)F. The van der Waals surface area contributed by atoms with Gasteiger partial charge in [-0.05, 0) is 29.8 Å². The lowest BCUT2D eigenvalue weighted by Crippen LogP contribution is -2.31. The predicted octanol–water partition coefficient (Wildman–Crippen LogP) is 2.75. The van der Waals surface area contributed by atoms with E-state index in [1.165, 1.54) is 43.3 Å². The van der Waals surface area contributed by atoms with Crippen LogP contribution in [0.5, 0.6) is 17.2 Å². The first kappa shape index (κ1) is 23.4. The van der Waals surface area contributed by atoms with Gasteiger partial charge in [-0.15, -0.1) is 0 Å². The zero-order valence-corrected chi connectivity index (χ0v) is 16.8. The van der Waals surface area contributed by atoms with Gasteiger partial charge in [0.25, 0.3) is 5.91 Å². The standard InChI is InChI=1S/C21H20F2N2O6/c1-25(11-14-7-8-17(31-21(22)23)18(9-14)28-2)19(26)12-30-20(27)13-29-16-6-4-3-5-15(16)10-24/h3-9,21H,11-13H2,1-2H3. The maximum Gasteiger partial charge on any atom is 0.387 e. The van der Waals surface area contributed by atoms with Gasteiger partial charge >= 0.3 is 12.6 Å². The number of likely N-dealkylation sites (N-methyl/N-ethyl adjacent to an activating group) is 1. The predicted molar refractivity (Wildman–Crippen MR) is 104 cm³/mol. The molecule has 0 unspecified atom stereocenters. The fourth-order valence-electron chi connectivity index (χ4n) is 2.48. The molecule has 1 amide bonds. The first-order valence-corrected chi connectivity index (χ1v) is 8.97. The number of methoxy groups -OCH3 is 1. The van der Waals surface area contributed by atoms with Gasteiger partial charge in [-0.1, -0.05) is 18.2 Å². The molecule has 0 radical (unpaired) electrons. The van der Waals surface area contributed by atoms with E-state index in [0.717, 1.165) is 0 Å². The summed E-state index contributed by atoms with van der Waals surface area (Å²) >= 11 is 0. The third-order valence-corrected chi connectivity index (χ3v) is 4.00. The van der Waals surface area contributed by atoms with Crippen LogP contribution in [0.3, 0.4) is 0 Å². The molecular weight excluding hydrogens is 414 g/mol. The van der Waals surface area contributed by atoms with E-state index >= 15 is 0 Å². The van der Waals surface area contributed by atoms with Gasteiger partial charge in [0.2, 0.25) is 0 Å². The molecule has 10 heteroatoms. The normalized spacial score (nSPS) is 10.2. The summed E-state index contributed by atoms with van der Waals surface area (Å²) in [7, 11) is 2.80. The summed E-state index contributed by atoms with van der Waals surface area (Å²) in [5.41, 5.74) is 0.864. The van der Waals surface area contributed by atoms with Gasteiger partial charge in [-0.25, -0.2) is 4.79 Å². The fraction of sp³-hybridized carbons (Fsp3) is 0.286. The number of hydrogen-bond donors (Lipinski definition) is 0. The Morgan fingerprint density at radius 3 is 2.52 bits per heavy atom. The first-order chi connectivity index (χ1) is 14.8. The van der Waals surface area contributed by atoms with Crippen molar-refractivity contribution in [2.24, 2.45) is 0 Å². The highest BCUT2D eigenvalue weighted by Crippen LogP contribution is 2.29. The van der Waals surface area contributed by atoms with Crippen LogP contribution < -0.4 is 14.2 Å². The molecule has 164 valence electrons.